The Bertz CT molecular complexity index is 1150. The average molecular weight is 500 g/mol. The van der Waals surface area contributed by atoms with Gasteiger partial charge in [-0.2, -0.15) is 0 Å². The van der Waals surface area contributed by atoms with Crippen molar-refractivity contribution < 1.29 is 19.2 Å². The summed E-state index contributed by atoms with van der Waals surface area (Å²) in [5, 5.41) is 17.3. The van der Waals surface area contributed by atoms with Gasteiger partial charge in [-0.05, 0) is 36.8 Å². The topological polar surface area (TPSA) is 117 Å². The van der Waals surface area contributed by atoms with E-state index < -0.39 is 23.0 Å². The molecule has 2 aliphatic heterocycles. The van der Waals surface area contributed by atoms with Crippen molar-refractivity contribution >= 4 is 35.0 Å². The fourth-order valence-corrected chi connectivity index (χ4v) is 4.56. The van der Waals surface area contributed by atoms with Gasteiger partial charge in [0.05, 0.1) is 33.9 Å². The molecule has 4 rings (SSSR count). The number of amides is 2. The van der Waals surface area contributed by atoms with Crippen LogP contribution in [0.1, 0.15) is 18.5 Å². The second-order valence-electron chi connectivity index (χ2n) is 8.21. The van der Waals surface area contributed by atoms with E-state index in [0.717, 1.165) is 18.8 Å². The molecule has 2 N–H and O–H groups in total. The van der Waals surface area contributed by atoms with E-state index in [1.165, 1.54) is 24.3 Å². The number of piperazine rings is 1. The van der Waals surface area contributed by atoms with Gasteiger partial charge in [0.1, 0.15) is 0 Å². The first kappa shape index (κ1) is 24.5. The van der Waals surface area contributed by atoms with Crippen molar-refractivity contribution in [1.82, 2.24) is 15.5 Å². The summed E-state index contributed by atoms with van der Waals surface area (Å²) >= 11 is 6.34. The maximum atomic E-state index is 13.0. The van der Waals surface area contributed by atoms with Crippen LogP contribution in [0.4, 0.5) is 16.2 Å². The molecule has 2 heterocycles. The number of nitro groups is 1. The molecule has 2 aromatic rings. The minimum Gasteiger partial charge on any atom is -0.463 e. The number of nitrogens with one attached hydrogen (secondary N) is 2. The number of hydrogen-bond donors (Lipinski definition) is 2. The number of hydrogen-bond acceptors (Lipinski definition) is 7. The quantitative estimate of drug-likeness (QED) is 0.341. The zero-order valence-electron chi connectivity index (χ0n) is 19.2. The maximum Gasteiger partial charge on any atom is 0.338 e. The SMILES string of the molecule is CCOC(=O)C1=C(CN2CCN(c3ccccc3Cl)CC2)NC(=O)N[C@@H]1c1ccc([N+](=O)[O-])cc1. The lowest BCUT2D eigenvalue weighted by Crippen LogP contribution is -2.51. The number of benzene rings is 2. The van der Waals surface area contributed by atoms with Crippen LogP contribution in [-0.2, 0) is 9.53 Å². The van der Waals surface area contributed by atoms with Crippen LogP contribution < -0.4 is 15.5 Å². The summed E-state index contributed by atoms with van der Waals surface area (Å²) < 4.78 is 5.30. The van der Waals surface area contributed by atoms with E-state index in [-0.39, 0.29) is 17.9 Å². The monoisotopic (exact) mass is 499 g/mol. The number of non-ortho nitro benzene ring substituents is 1. The zero-order valence-corrected chi connectivity index (χ0v) is 20.0. The lowest BCUT2D eigenvalue weighted by atomic mass is 9.94. The summed E-state index contributed by atoms with van der Waals surface area (Å²) in [6, 6.07) is 12.2. The van der Waals surface area contributed by atoms with Crippen LogP contribution in [0, 0.1) is 10.1 Å². The Morgan fingerprint density at radius 3 is 2.46 bits per heavy atom. The summed E-state index contributed by atoms with van der Waals surface area (Å²) in [4.78, 5) is 40.4. The van der Waals surface area contributed by atoms with Gasteiger partial charge in [-0.1, -0.05) is 23.7 Å². The third-order valence-corrected chi connectivity index (χ3v) is 6.35. The van der Waals surface area contributed by atoms with Crippen molar-refractivity contribution in [2.24, 2.45) is 0 Å². The van der Waals surface area contributed by atoms with E-state index in [4.69, 9.17) is 16.3 Å². The van der Waals surface area contributed by atoms with E-state index in [0.29, 0.717) is 35.9 Å². The molecule has 0 radical (unpaired) electrons. The first-order valence-electron chi connectivity index (χ1n) is 11.3. The first-order chi connectivity index (χ1) is 16.9. The van der Waals surface area contributed by atoms with Gasteiger partial charge in [-0.25, -0.2) is 9.59 Å². The molecule has 10 nitrogen and oxygen atoms in total. The van der Waals surface area contributed by atoms with Crippen molar-refractivity contribution in [3.05, 3.63) is 80.5 Å². The summed E-state index contributed by atoms with van der Waals surface area (Å²) in [7, 11) is 0. The molecular weight excluding hydrogens is 474 g/mol. The van der Waals surface area contributed by atoms with Gasteiger partial charge in [-0.15, -0.1) is 0 Å². The summed E-state index contributed by atoms with van der Waals surface area (Å²) in [5.41, 5.74) is 2.20. The van der Waals surface area contributed by atoms with Gasteiger partial charge in [0.15, 0.2) is 0 Å². The molecule has 2 aliphatic rings. The molecular formula is C24H26ClN5O5. The Balaban J connectivity index is 1.57. The summed E-state index contributed by atoms with van der Waals surface area (Å²) in [5.74, 6) is -0.548. The fraction of sp³-hybridized carbons (Fsp3) is 0.333. The van der Waals surface area contributed by atoms with Crippen molar-refractivity contribution in [1.29, 1.82) is 0 Å². The Morgan fingerprint density at radius 1 is 1.14 bits per heavy atom. The Kier molecular flexibility index (Phi) is 7.52. The summed E-state index contributed by atoms with van der Waals surface area (Å²) in [6.45, 7) is 5.12. The van der Waals surface area contributed by atoms with E-state index in [1.54, 1.807) is 6.92 Å². The zero-order chi connectivity index (χ0) is 24.9. The Hall–Kier alpha value is -3.63. The van der Waals surface area contributed by atoms with Crippen LogP contribution in [0.2, 0.25) is 5.02 Å². The standard InChI is InChI=1S/C24H26ClN5O5/c1-2-35-23(31)21-19(15-28-11-13-29(14-12-28)20-6-4-3-5-18(20)25)26-24(32)27-22(21)16-7-9-17(10-8-16)30(33)34/h3-10,22H,2,11-15H2,1H3,(H2,26,27,32)/t22-/m1/s1. The third-order valence-electron chi connectivity index (χ3n) is 6.03. The highest BCUT2D eigenvalue weighted by molar-refractivity contribution is 6.33. The molecule has 2 aromatic carbocycles. The molecule has 184 valence electrons. The van der Waals surface area contributed by atoms with E-state index in [1.807, 2.05) is 24.3 Å². The number of nitro benzene ring substituents is 1. The molecule has 0 aliphatic carbocycles. The maximum absolute atomic E-state index is 13.0. The van der Waals surface area contributed by atoms with E-state index >= 15 is 0 Å². The van der Waals surface area contributed by atoms with Crippen LogP contribution in [0.5, 0.6) is 0 Å². The number of rotatable bonds is 7. The number of nitrogens with zero attached hydrogens (tertiary/aromatic N) is 3. The van der Waals surface area contributed by atoms with E-state index in [9.17, 15) is 19.7 Å². The van der Waals surface area contributed by atoms with Gasteiger partial charge in [0, 0.05) is 50.6 Å². The predicted molar refractivity (Wildman–Crippen MR) is 131 cm³/mol. The van der Waals surface area contributed by atoms with E-state index in [2.05, 4.69) is 20.4 Å². The average Bonchev–Trinajstić information content (AvgIpc) is 2.85. The molecule has 0 saturated carbocycles. The van der Waals surface area contributed by atoms with Gasteiger partial charge in [-0.3, -0.25) is 15.0 Å². The highest BCUT2D eigenvalue weighted by Crippen LogP contribution is 2.30. The van der Waals surface area contributed by atoms with Crippen molar-refractivity contribution in [3.8, 4) is 0 Å². The van der Waals surface area contributed by atoms with Gasteiger partial charge >= 0.3 is 12.0 Å². The molecule has 35 heavy (non-hydrogen) atoms. The number of carbonyl (C=O) groups excluding carboxylic acids is 2. The second-order valence-corrected chi connectivity index (χ2v) is 8.61. The number of carbonyl (C=O) groups is 2. The molecule has 1 fully saturated rings. The minimum absolute atomic E-state index is 0.0766. The predicted octanol–water partition coefficient (Wildman–Crippen LogP) is 3.24. The largest absolute Gasteiger partial charge is 0.463 e. The highest BCUT2D eigenvalue weighted by atomic mass is 35.5. The lowest BCUT2D eigenvalue weighted by Gasteiger charge is -2.38. The first-order valence-corrected chi connectivity index (χ1v) is 11.7. The molecule has 0 unspecified atom stereocenters. The normalized spacial score (nSPS) is 18.6. The molecule has 11 heteroatoms. The number of para-hydroxylation sites is 1. The molecule has 0 spiro atoms. The van der Waals surface area contributed by atoms with Crippen molar-refractivity contribution in [2.45, 2.75) is 13.0 Å². The Labute approximate surface area is 207 Å². The summed E-state index contributed by atoms with van der Waals surface area (Å²) in [6.07, 6.45) is 0. The van der Waals surface area contributed by atoms with Crippen molar-refractivity contribution in [3.63, 3.8) is 0 Å². The minimum atomic E-state index is -0.789. The Morgan fingerprint density at radius 2 is 1.83 bits per heavy atom. The second kappa shape index (κ2) is 10.7. The van der Waals surface area contributed by atoms with Crippen LogP contribution in [0.15, 0.2) is 59.8 Å². The van der Waals surface area contributed by atoms with Crippen LogP contribution in [0.25, 0.3) is 0 Å². The van der Waals surface area contributed by atoms with Crippen LogP contribution >= 0.6 is 11.6 Å². The molecule has 1 saturated heterocycles. The molecule has 0 bridgehead atoms. The van der Waals surface area contributed by atoms with Gasteiger partial charge in [0.2, 0.25) is 0 Å². The molecule has 1 atom stereocenters. The lowest BCUT2D eigenvalue weighted by molar-refractivity contribution is -0.384. The third kappa shape index (κ3) is 5.55. The molecule has 0 aromatic heterocycles. The van der Waals surface area contributed by atoms with Crippen molar-refractivity contribution in [2.75, 3.05) is 44.2 Å². The number of anilines is 1. The van der Waals surface area contributed by atoms with Gasteiger partial charge < -0.3 is 20.3 Å². The number of urea groups is 1. The van der Waals surface area contributed by atoms with Crippen LogP contribution in [0.3, 0.4) is 0 Å². The number of halogens is 1. The molecule has 2 amide bonds. The smallest absolute Gasteiger partial charge is 0.338 e. The fourth-order valence-electron chi connectivity index (χ4n) is 4.31. The number of ether oxygens (including phenoxy) is 1. The van der Waals surface area contributed by atoms with Crippen LogP contribution in [-0.4, -0.2) is 61.2 Å². The van der Waals surface area contributed by atoms with Gasteiger partial charge in [0.25, 0.3) is 5.69 Å². The number of esters is 1. The highest BCUT2D eigenvalue weighted by Gasteiger charge is 2.35.